The Morgan fingerprint density at radius 2 is 1.62 bits per heavy atom. The highest BCUT2D eigenvalue weighted by molar-refractivity contribution is 5.83. The minimum Gasteiger partial charge on any atom is -0.297 e. The molecule has 0 spiro atoms. The Morgan fingerprint density at radius 3 is 2.12 bits per heavy atom. The maximum Gasteiger partial charge on any atom is 0.214 e. The van der Waals surface area contributed by atoms with Crippen molar-refractivity contribution in [2.75, 3.05) is 27.8 Å². The van der Waals surface area contributed by atoms with Crippen molar-refractivity contribution < 1.29 is 0 Å². The number of aliphatic imine (C=N–C) groups is 1. The zero-order chi connectivity index (χ0) is 31.6. The number of azide groups is 1. The van der Waals surface area contributed by atoms with Crippen LogP contribution in [-0.2, 0) is 26.2 Å². The van der Waals surface area contributed by atoms with E-state index in [2.05, 4.69) is 81.6 Å². The van der Waals surface area contributed by atoms with Crippen LogP contribution >= 0.6 is 0 Å². The molecule has 1 N–H and O–H groups in total. The first kappa shape index (κ1) is 35.9. The predicted octanol–water partition coefficient (Wildman–Crippen LogP) is 0.457. The van der Waals surface area contributed by atoms with Crippen LogP contribution in [0.2, 0.25) is 0 Å². The molecule has 0 unspecified atom stereocenters. The topological polar surface area (TPSA) is 318 Å². The number of rotatable bonds is 10. The Balaban J connectivity index is 0.000000587. The fourth-order valence-electron chi connectivity index (χ4n) is 2.18. The molecule has 0 bridgehead atoms. The summed E-state index contributed by atoms with van der Waals surface area (Å²) in [6.07, 6.45) is 1.39. The highest BCUT2D eigenvalue weighted by atomic mass is 15.7. The van der Waals surface area contributed by atoms with Crippen LogP contribution in [-0.4, -0.2) is 99.2 Å². The van der Waals surface area contributed by atoms with Gasteiger partial charge in [0.2, 0.25) is 11.6 Å². The molecule has 0 atom stereocenters. The van der Waals surface area contributed by atoms with Gasteiger partial charge in [-0.05, 0) is 35.0 Å². The second kappa shape index (κ2) is 22.8. The number of aromatic nitrogens is 12. The van der Waals surface area contributed by atoms with Gasteiger partial charge in [0.1, 0.15) is 17.1 Å². The maximum atomic E-state index is 7.59. The van der Waals surface area contributed by atoms with Crippen LogP contribution < -0.4 is 4.91 Å². The van der Waals surface area contributed by atoms with Crippen molar-refractivity contribution in [1.82, 2.24) is 70.5 Å². The molecule has 24 heteroatoms. The molecule has 0 saturated carbocycles. The van der Waals surface area contributed by atoms with E-state index in [4.69, 9.17) is 21.6 Å². The van der Waals surface area contributed by atoms with Gasteiger partial charge >= 0.3 is 0 Å². The molecule has 0 aliphatic heterocycles. The average Bonchev–Trinajstić information content (AvgIpc) is 3.72. The number of hydrogen-bond acceptors (Lipinski definition) is 17. The normalized spacial score (nSPS) is 9.76. The molecule has 3 rings (SSSR count). The Bertz CT molecular complexity index is 1370. The number of nitrogens with one attached hydrogen (secondary N) is 1. The zero-order valence-corrected chi connectivity index (χ0v) is 24.0. The molecule has 0 aliphatic rings. The standard InChI is InChI=1S/C8H16N8.C6H10N8.C3H2N2.CH3N6/c1-7(9-2)5-8-11-14-16(12-8)6-15(4)13-10-3;1-3-6-8-12-14(10-6)4-13-9-5(2)7-11-13;4-2-1-3-5;2-6-4-1-5-7-3/h5-6H2,1-4H3;3-4H2,1-2H3;1H2;2H,1H2/q;;;+1. The fraction of sp³-hybridized carbons (Fsp3) is 0.667. The highest BCUT2D eigenvalue weighted by Crippen LogP contribution is 1.94. The van der Waals surface area contributed by atoms with E-state index >= 15 is 0 Å². The van der Waals surface area contributed by atoms with E-state index in [0.29, 0.717) is 37.2 Å². The van der Waals surface area contributed by atoms with Crippen LogP contribution in [0, 0.1) is 35.1 Å². The van der Waals surface area contributed by atoms with Crippen molar-refractivity contribution in [3.05, 3.63) is 27.9 Å². The van der Waals surface area contributed by atoms with Gasteiger partial charge in [-0.25, -0.2) is 0 Å². The summed E-state index contributed by atoms with van der Waals surface area (Å²) in [6, 6.07) is 3.31. The lowest BCUT2D eigenvalue weighted by Gasteiger charge is -2.07. The van der Waals surface area contributed by atoms with Gasteiger partial charge in [0.05, 0.1) is 19.2 Å². The van der Waals surface area contributed by atoms with Gasteiger partial charge in [-0.15, -0.1) is 45.0 Å². The molecule has 0 radical (unpaired) electrons. The summed E-state index contributed by atoms with van der Waals surface area (Å²) in [5.41, 5.74) is 14.6. The lowest BCUT2D eigenvalue weighted by atomic mass is 10.3. The molecule has 222 valence electrons. The molecule has 0 fully saturated rings. The zero-order valence-electron chi connectivity index (χ0n) is 24.0. The quantitative estimate of drug-likeness (QED) is 0.112. The molecule has 24 nitrogen and oxygen atoms in total. The van der Waals surface area contributed by atoms with E-state index in [1.807, 2.05) is 13.8 Å². The monoisotopic (exact) mass is 583 g/mol. The van der Waals surface area contributed by atoms with Gasteiger partial charge in [0.15, 0.2) is 30.8 Å². The van der Waals surface area contributed by atoms with Crippen molar-refractivity contribution in [1.29, 1.82) is 16.1 Å². The second-order valence-electron chi connectivity index (χ2n) is 7.19. The summed E-state index contributed by atoms with van der Waals surface area (Å²) in [5, 5.41) is 65.6. The summed E-state index contributed by atoms with van der Waals surface area (Å²) in [5.74, 6) is 1.99. The first-order valence-corrected chi connectivity index (χ1v) is 11.7. The van der Waals surface area contributed by atoms with E-state index in [1.165, 1.54) is 14.4 Å². The fourth-order valence-corrected chi connectivity index (χ4v) is 2.18. The van der Waals surface area contributed by atoms with Crippen LogP contribution in [0.3, 0.4) is 0 Å². The third-order valence-electron chi connectivity index (χ3n) is 3.90. The lowest BCUT2D eigenvalue weighted by Crippen LogP contribution is -2.18. The average molecular weight is 584 g/mol. The van der Waals surface area contributed by atoms with E-state index < -0.39 is 0 Å². The third kappa shape index (κ3) is 17.4. The van der Waals surface area contributed by atoms with Crippen LogP contribution in [0.25, 0.3) is 10.4 Å². The molecule has 3 aromatic rings. The SMILES string of the molecule is CCc1nnn(Cn2nnc(C)n2)n1.CN=NN(C)Cn1nnc(CC(C)=NC)n1.N#CCC#N.[N-]=[N+]=NCN=[N+]=N. The van der Waals surface area contributed by atoms with Gasteiger partial charge in [0, 0.05) is 37.6 Å². The number of nitrogens with zero attached hydrogens (tertiary/aromatic N) is 23. The van der Waals surface area contributed by atoms with Crippen LogP contribution in [0.1, 0.15) is 37.7 Å². The van der Waals surface area contributed by atoms with Gasteiger partial charge in [-0.1, -0.05) is 17.3 Å². The first-order chi connectivity index (χ1) is 20.3. The highest BCUT2D eigenvalue weighted by Gasteiger charge is 2.05. The Kier molecular flexibility index (Phi) is 19.5. The summed E-state index contributed by atoms with van der Waals surface area (Å²) < 4.78 is 0. The minimum atomic E-state index is -0.0833. The van der Waals surface area contributed by atoms with Gasteiger partial charge in [-0.2, -0.15) is 15.6 Å². The molecule has 42 heavy (non-hydrogen) atoms. The largest absolute Gasteiger partial charge is 0.297 e. The first-order valence-electron chi connectivity index (χ1n) is 11.7. The molecule has 0 saturated heterocycles. The van der Waals surface area contributed by atoms with E-state index in [1.54, 1.807) is 45.2 Å². The summed E-state index contributed by atoms with van der Waals surface area (Å²) >= 11 is 0. The molecule has 0 aromatic carbocycles. The second-order valence-corrected chi connectivity index (χ2v) is 7.19. The van der Waals surface area contributed by atoms with Crippen molar-refractivity contribution in [2.45, 2.75) is 53.4 Å². The third-order valence-corrected chi connectivity index (χ3v) is 3.90. The summed E-state index contributed by atoms with van der Waals surface area (Å²) in [7, 11) is 5.14. The minimum absolute atomic E-state index is 0. The number of tetrazole rings is 3. The molecule has 0 aliphatic carbocycles. The van der Waals surface area contributed by atoms with E-state index in [9.17, 15) is 0 Å². The molecule has 0 amide bonds. The van der Waals surface area contributed by atoms with Gasteiger partial charge in [-0.3, -0.25) is 10.0 Å². The number of aryl methyl sites for hydroxylation is 2. The van der Waals surface area contributed by atoms with E-state index in [-0.39, 0.29) is 13.1 Å². The predicted molar refractivity (Wildman–Crippen MR) is 141 cm³/mol. The van der Waals surface area contributed by atoms with Crippen LogP contribution in [0.5, 0.6) is 0 Å². The molecular weight excluding hydrogens is 552 g/mol. The maximum absolute atomic E-state index is 7.59. The van der Waals surface area contributed by atoms with E-state index in [0.717, 1.165) is 12.1 Å². The Hall–Kier alpha value is -6.12. The lowest BCUT2D eigenvalue weighted by molar-refractivity contribution is 0.229. The Labute approximate surface area is 239 Å². The van der Waals surface area contributed by atoms with Crippen molar-refractivity contribution in [3.63, 3.8) is 0 Å². The van der Waals surface area contributed by atoms with Crippen LogP contribution in [0.15, 0.2) is 25.6 Å². The molecular formula is C18H31N24+. The molecule has 3 aromatic heterocycles. The summed E-state index contributed by atoms with van der Waals surface area (Å²) in [4.78, 5) is 13.3. The number of hydrogen-bond donors (Lipinski definition) is 1. The van der Waals surface area contributed by atoms with Crippen molar-refractivity contribution in [2.24, 2.45) is 25.6 Å². The number of nitriles is 2. The van der Waals surface area contributed by atoms with Crippen LogP contribution in [0.4, 0.5) is 0 Å². The van der Waals surface area contributed by atoms with Crippen molar-refractivity contribution in [3.8, 4) is 12.1 Å². The van der Waals surface area contributed by atoms with Crippen molar-refractivity contribution >= 4 is 5.71 Å². The Morgan fingerprint density at radius 1 is 1.00 bits per heavy atom. The van der Waals surface area contributed by atoms with Gasteiger partial charge in [0.25, 0.3) is 0 Å². The summed E-state index contributed by atoms with van der Waals surface area (Å²) in [6.45, 7) is 6.35. The van der Waals surface area contributed by atoms with Gasteiger partial charge < -0.3 is 0 Å². The molecule has 3 heterocycles. The smallest absolute Gasteiger partial charge is 0.214 e.